The number of ether oxygens (including phenoxy) is 1. The van der Waals surface area contributed by atoms with E-state index in [1.54, 1.807) is 22.8 Å². The summed E-state index contributed by atoms with van der Waals surface area (Å²) >= 11 is 0. The molecule has 0 saturated heterocycles. The number of benzene rings is 1. The van der Waals surface area contributed by atoms with Crippen LogP contribution < -0.4 is 10.3 Å². The Kier molecular flexibility index (Phi) is 2.81. The van der Waals surface area contributed by atoms with E-state index in [-0.39, 0.29) is 5.56 Å². The summed E-state index contributed by atoms with van der Waals surface area (Å²) in [5, 5.41) is 0.392. The van der Waals surface area contributed by atoms with Crippen molar-refractivity contribution < 1.29 is 9.53 Å². The molecule has 0 spiro atoms. The summed E-state index contributed by atoms with van der Waals surface area (Å²) in [6, 6.07) is 5.15. The van der Waals surface area contributed by atoms with Gasteiger partial charge in [-0.15, -0.1) is 0 Å². The Labute approximate surface area is 109 Å². The number of aryl methyl sites for hydroxylation is 1. The quantitative estimate of drug-likeness (QED) is 0.576. The van der Waals surface area contributed by atoms with E-state index in [2.05, 4.69) is 4.98 Å². The molecule has 3 rings (SSSR count). The van der Waals surface area contributed by atoms with Crippen LogP contribution in [0.3, 0.4) is 0 Å². The Morgan fingerprint density at radius 1 is 1.37 bits per heavy atom. The summed E-state index contributed by atoms with van der Waals surface area (Å²) in [6.45, 7) is 2.01. The van der Waals surface area contributed by atoms with E-state index < -0.39 is 5.97 Å². The molecule has 0 unspecified atom stereocenters. The lowest BCUT2D eigenvalue weighted by atomic mass is 10.1. The van der Waals surface area contributed by atoms with Crippen molar-refractivity contribution in [3.8, 4) is 5.75 Å². The molecule has 2 aromatic rings. The van der Waals surface area contributed by atoms with Gasteiger partial charge in [-0.3, -0.25) is 14.2 Å². The fourth-order valence-electron chi connectivity index (χ4n) is 2.49. The third-order valence-electron chi connectivity index (χ3n) is 3.31. The molecule has 1 aliphatic heterocycles. The normalized spacial score (nSPS) is 14.2. The summed E-state index contributed by atoms with van der Waals surface area (Å²) in [6.07, 6.45) is 2.86. The Morgan fingerprint density at radius 2 is 2.21 bits per heavy atom. The summed E-state index contributed by atoms with van der Waals surface area (Å²) in [5.41, 5.74) is 0.480. The monoisotopic (exact) mass is 258 g/mol. The van der Waals surface area contributed by atoms with Crippen molar-refractivity contribution in [1.29, 1.82) is 0 Å². The topological polar surface area (TPSA) is 61.2 Å². The zero-order chi connectivity index (χ0) is 13.4. The van der Waals surface area contributed by atoms with Crippen LogP contribution in [0.5, 0.6) is 5.75 Å². The minimum absolute atomic E-state index is 0.114. The van der Waals surface area contributed by atoms with Gasteiger partial charge in [-0.2, -0.15) is 0 Å². The third kappa shape index (κ3) is 2.01. The molecule has 0 atom stereocenters. The van der Waals surface area contributed by atoms with Crippen LogP contribution in [0.2, 0.25) is 0 Å². The Morgan fingerprint density at radius 3 is 3.00 bits per heavy atom. The smallest absolute Gasteiger partial charge is 0.308 e. The van der Waals surface area contributed by atoms with Crippen molar-refractivity contribution in [3.63, 3.8) is 0 Å². The number of aromatic nitrogens is 2. The molecule has 1 aliphatic rings. The lowest BCUT2D eigenvalue weighted by molar-refractivity contribution is -0.131. The molecule has 98 valence electrons. The lowest BCUT2D eigenvalue weighted by Crippen LogP contribution is -2.28. The van der Waals surface area contributed by atoms with Crippen molar-refractivity contribution in [2.75, 3.05) is 0 Å². The fraction of sp³-hybridized carbons (Fsp3) is 0.357. The SMILES string of the molecule is CC(=O)Oc1cccc2nc3n(c(=O)c12)CCCC3. The predicted molar refractivity (Wildman–Crippen MR) is 70.3 cm³/mol. The Hall–Kier alpha value is -2.17. The second-order valence-corrected chi connectivity index (χ2v) is 4.69. The molecule has 0 N–H and O–H groups in total. The van der Waals surface area contributed by atoms with E-state index in [9.17, 15) is 9.59 Å². The molecule has 0 fully saturated rings. The number of fused-ring (bicyclic) bond motifs is 2. The van der Waals surface area contributed by atoms with E-state index in [1.165, 1.54) is 6.92 Å². The largest absolute Gasteiger partial charge is 0.426 e. The Balaban J connectivity index is 2.30. The second kappa shape index (κ2) is 4.50. The number of nitrogens with zero attached hydrogens (tertiary/aromatic N) is 2. The number of carbonyl (C=O) groups excluding carboxylic acids is 1. The lowest BCUT2D eigenvalue weighted by Gasteiger charge is -2.18. The first kappa shape index (κ1) is 11.9. The first-order valence-electron chi connectivity index (χ1n) is 6.37. The molecule has 0 radical (unpaired) electrons. The van der Waals surface area contributed by atoms with Crippen molar-refractivity contribution in [2.45, 2.75) is 32.7 Å². The number of hydrogen-bond acceptors (Lipinski definition) is 4. The average molecular weight is 258 g/mol. The van der Waals surface area contributed by atoms with Crippen LogP contribution in [0.15, 0.2) is 23.0 Å². The van der Waals surface area contributed by atoms with Crippen LogP contribution in [-0.4, -0.2) is 15.5 Å². The molecule has 0 amide bonds. The van der Waals surface area contributed by atoms with E-state index >= 15 is 0 Å². The summed E-state index contributed by atoms with van der Waals surface area (Å²) < 4.78 is 6.80. The first-order valence-corrected chi connectivity index (χ1v) is 6.37. The van der Waals surface area contributed by atoms with Gasteiger partial charge in [0.2, 0.25) is 0 Å². The standard InChI is InChI=1S/C14H14N2O3/c1-9(17)19-11-6-4-5-10-13(11)14(18)16-8-3-2-7-12(16)15-10/h4-6H,2-3,7-8H2,1H3. The van der Waals surface area contributed by atoms with Gasteiger partial charge in [-0.05, 0) is 25.0 Å². The summed E-state index contributed by atoms with van der Waals surface area (Å²) in [5.74, 6) is 0.682. The Bertz CT molecular complexity index is 718. The van der Waals surface area contributed by atoms with Crippen LogP contribution in [0.4, 0.5) is 0 Å². The first-order chi connectivity index (χ1) is 9.16. The van der Waals surface area contributed by atoms with Gasteiger partial charge in [0.1, 0.15) is 17.0 Å². The van der Waals surface area contributed by atoms with Crippen LogP contribution in [0.25, 0.3) is 10.9 Å². The molecular weight excluding hydrogens is 244 g/mol. The van der Waals surface area contributed by atoms with Gasteiger partial charge in [0.25, 0.3) is 5.56 Å². The predicted octanol–water partition coefficient (Wildman–Crippen LogP) is 1.66. The molecule has 1 aromatic heterocycles. The zero-order valence-corrected chi connectivity index (χ0v) is 10.7. The van der Waals surface area contributed by atoms with Crippen LogP contribution >= 0.6 is 0 Å². The maximum atomic E-state index is 12.5. The van der Waals surface area contributed by atoms with Gasteiger partial charge >= 0.3 is 5.97 Å². The molecule has 0 aliphatic carbocycles. The fourth-order valence-corrected chi connectivity index (χ4v) is 2.49. The summed E-state index contributed by atoms with van der Waals surface area (Å²) in [7, 11) is 0. The summed E-state index contributed by atoms with van der Waals surface area (Å²) in [4.78, 5) is 28.1. The number of carbonyl (C=O) groups is 1. The van der Waals surface area contributed by atoms with Gasteiger partial charge in [-0.25, -0.2) is 4.98 Å². The minimum Gasteiger partial charge on any atom is -0.426 e. The van der Waals surface area contributed by atoms with E-state index in [1.807, 2.05) is 0 Å². The highest BCUT2D eigenvalue weighted by molar-refractivity contribution is 5.86. The molecule has 0 saturated carbocycles. The highest BCUT2D eigenvalue weighted by Crippen LogP contribution is 2.23. The molecule has 0 bridgehead atoms. The maximum absolute atomic E-state index is 12.5. The maximum Gasteiger partial charge on any atom is 0.308 e. The van der Waals surface area contributed by atoms with Gasteiger partial charge in [0, 0.05) is 19.9 Å². The van der Waals surface area contributed by atoms with E-state index in [0.717, 1.165) is 25.1 Å². The third-order valence-corrected chi connectivity index (χ3v) is 3.31. The molecule has 2 heterocycles. The second-order valence-electron chi connectivity index (χ2n) is 4.69. The van der Waals surface area contributed by atoms with Crippen LogP contribution in [0, 0.1) is 0 Å². The van der Waals surface area contributed by atoms with Crippen molar-refractivity contribution in [1.82, 2.24) is 9.55 Å². The molecule has 19 heavy (non-hydrogen) atoms. The number of esters is 1. The van der Waals surface area contributed by atoms with Gasteiger partial charge in [-0.1, -0.05) is 6.07 Å². The van der Waals surface area contributed by atoms with Crippen molar-refractivity contribution >= 4 is 16.9 Å². The molecule has 5 heteroatoms. The number of rotatable bonds is 1. The zero-order valence-electron chi connectivity index (χ0n) is 10.7. The number of hydrogen-bond donors (Lipinski definition) is 0. The minimum atomic E-state index is -0.436. The average Bonchev–Trinajstić information content (AvgIpc) is 2.38. The van der Waals surface area contributed by atoms with Crippen LogP contribution in [-0.2, 0) is 17.8 Å². The van der Waals surface area contributed by atoms with Crippen LogP contribution in [0.1, 0.15) is 25.6 Å². The van der Waals surface area contributed by atoms with E-state index in [0.29, 0.717) is 23.2 Å². The molecular formula is C14H14N2O3. The van der Waals surface area contributed by atoms with E-state index in [4.69, 9.17) is 4.74 Å². The molecule has 5 nitrogen and oxygen atoms in total. The molecule has 1 aromatic carbocycles. The van der Waals surface area contributed by atoms with Gasteiger partial charge < -0.3 is 4.74 Å². The van der Waals surface area contributed by atoms with Gasteiger partial charge in [0.05, 0.1) is 5.52 Å². The van der Waals surface area contributed by atoms with Gasteiger partial charge in [0.15, 0.2) is 0 Å². The van der Waals surface area contributed by atoms with Crippen molar-refractivity contribution in [2.24, 2.45) is 0 Å². The highest BCUT2D eigenvalue weighted by Gasteiger charge is 2.17. The van der Waals surface area contributed by atoms with Crippen molar-refractivity contribution in [3.05, 3.63) is 34.4 Å². The highest BCUT2D eigenvalue weighted by atomic mass is 16.5.